The molecule has 8 heteroatoms. The van der Waals surface area contributed by atoms with Crippen LogP contribution in [0.25, 0.3) is 11.0 Å². The molecule has 1 aromatic carbocycles. The third kappa shape index (κ3) is 3.52. The zero-order valence-corrected chi connectivity index (χ0v) is 14.0. The van der Waals surface area contributed by atoms with Crippen molar-refractivity contribution in [2.24, 2.45) is 0 Å². The van der Waals surface area contributed by atoms with Crippen molar-refractivity contribution in [3.8, 4) is 0 Å². The van der Waals surface area contributed by atoms with Crippen LogP contribution in [0.4, 0.5) is 5.82 Å². The minimum atomic E-state index is -0.561. The Labute approximate surface area is 143 Å². The van der Waals surface area contributed by atoms with Gasteiger partial charge in [0.2, 0.25) is 12.2 Å². The molecule has 0 spiro atoms. The second-order valence-corrected chi connectivity index (χ2v) is 5.84. The van der Waals surface area contributed by atoms with Gasteiger partial charge in [0.05, 0.1) is 6.04 Å². The molecule has 0 aliphatic rings. The van der Waals surface area contributed by atoms with E-state index < -0.39 is 4.92 Å². The van der Waals surface area contributed by atoms with Crippen molar-refractivity contribution in [3.63, 3.8) is 0 Å². The Bertz CT molecular complexity index is 881. The Morgan fingerprint density at radius 3 is 2.88 bits per heavy atom. The van der Waals surface area contributed by atoms with Gasteiger partial charge in [-0.15, -0.1) is 0 Å². The van der Waals surface area contributed by atoms with Crippen LogP contribution in [-0.4, -0.2) is 32.3 Å². The number of benzene rings is 1. The highest BCUT2D eigenvalue weighted by Crippen LogP contribution is 2.27. The highest BCUT2D eigenvalue weighted by atomic mass is 16.6. The molecule has 1 atom stereocenters. The average Bonchev–Trinajstić information content (AvgIpc) is 3.24. The van der Waals surface area contributed by atoms with Gasteiger partial charge in [0.25, 0.3) is 0 Å². The summed E-state index contributed by atoms with van der Waals surface area (Å²) in [7, 11) is 1.72. The molecule has 0 aliphatic carbocycles. The summed E-state index contributed by atoms with van der Waals surface area (Å²) < 4.78 is 7.35. The van der Waals surface area contributed by atoms with Crippen LogP contribution in [0, 0.1) is 10.1 Å². The van der Waals surface area contributed by atoms with Gasteiger partial charge in [-0.1, -0.05) is 18.2 Å². The van der Waals surface area contributed by atoms with Crippen LogP contribution in [0.15, 0.2) is 47.3 Å². The Balaban J connectivity index is 1.63. The number of carbonyl (C=O) groups excluding carboxylic acids is 1. The number of carbonyl (C=O) groups is 1. The average molecular weight is 342 g/mol. The van der Waals surface area contributed by atoms with Gasteiger partial charge in [-0.05, 0) is 29.0 Å². The van der Waals surface area contributed by atoms with Crippen LogP contribution in [0.3, 0.4) is 0 Å². The van der Waals surface area contributed by atoms with E-state index in [1.54, 1.807) is 11.9 Å². The van der Waals surface area contributed by atoms with Crippen molar-refractivity contribution < 1.29 is 14.1 Å². The summed E-state index contributed by atoms with van der Waals surface area (Å²) in [5.74, 6) is 0.413. The van der Waals surface area contributed by atoms with Crippen LogP contribution in [-0.2, 0) is 11.3 Å². The minimum absolute atomic E-state index is 0.0793. The molecular weight excluding hydrogens is 324 g/mol. The van der Waals surface area contributed by atoms with E-state index in [1.165, 1.54) is 17.1 Å². The lowest BCUT2D eigenvalue weighted by Crippen LogP contribution is -2.30. The van der Waals surface area contributed by atoms with Crippen molar-refractivity contribution in [1.82, 2.24) is 14.5 Å². The molecule has 0 fully saturated rings. The van der Waals surface area contributed by atoms with Crippen LogP contribution in [0.1, 0.15) is 25.1 Å². The summed E-state index contributed by atoms with van der Waals surface area (Å²) in [5, 5.41) is 11.6. The van der Waals surface area contributed by atoms with Crippen molar-refractivity contribution in [1.29, 1.82) is 0 Å². The van der Waals surface area contributed by atoms with Gasteiger partial charge in [0, 0.05) is 25.4 Å². The lowest BCUT2D eigenvalue weighted by Gasteiger charge is -2.23. The second-order valence-electron chi connectivity index (χ2n) is 5.84. The first-order valence-electron chi connectivity index (χ1n) is 7.86. The summed E-state index contributed by atoms with van der Waals surface area (Å²) in [5.41, 5.74) is 0.788. The van der Waals surface area contributed by atoms with Crippen molar-refractivity contribution in [3.05, 3.63) is 58.7 Å². The van der Waals surface area contributed by atoms with Gasteiger partial charge in [-0.25, -0.2) is 0 Å². The molecular formula is C17H18N4O4. The van der Waals surface area contributed by atoms with E-state index in [4.69, 9.17) is 4.42 Å². The van der Waals surface area contributed by atoms with Crippen molar-refractivity contribution in [2.45, 2.75) is 25.9 Å². The first-order chi connectivity index (χ1) is 12.0. The van der Waals surface area contributed by atoms with Gasteiger partial charge < -0.3 is 24.0 Å². The highest BCUT2D eigenvalue weighted by Gasteiger charge is 2.21. The number of nitro groups is 1. The van der Waals surface area contributed by atoms with Gasteiger partial charge in [0.15, 0.2) is 0 Å². The molecule has 1 amide bonds. The molecule has 0 saturated heterocycles. The predicted molar refractivity (Wildman–Crippen MR) is 90.9 cm³/mol. The number of imidazole rings is 1. The number of para-hydroxylation sites is 1. The monoisotopic (exact) mass is 342 g/mol. The predicted octanol–water partition coefficient (Wildman–Crippen LogP) is 3.15. The maximum atomic E-state index is 12.4. The van der Waals surface area contributed by atoms with E-state index >= 15 is 0 Å². The molecule has 25 heavy (non-hydrogen) atoms. The zero-order valence-electron chi connectivity index (χ0n) is 14.0. The normalized spacial score (nSPS) is 12.2. The van der Waals surface area contributed by atoms with E-state index in [2.05, 4.69) is 4.98 Å². The van der Waals surface area contributed by atoms with Gasteiger partial charge in [0.1, 0.15) is 17.5 Å². The van der Waals surface area contributed by atoms with E-state index in [1.807, 2.05) is 37.3 Å². The second kappa shape index (κ2) is 6.76. The SMILES string of the molecule is C[C@H](c1cc2ccccc2o1)N(C)C(=O)CCn1cnc([N+](=O)[O-])c1. The van der Waals surface area contributed by atoms with E-state index in [-0.39, 0.29) is 24.2 Å². The fourth-order valence-corrected chi connectivity index (χ4v) is 2.58. The number of nitrogens with zero attached hydrogens (tertiary/aromatic N) is 4. The lowest BCUT2D eigenvalue weighted by atomic mass is 10.2. The van der Waals surface area contributed by atoms with Crippen molar-refractivity contribution >= 4 is 22.7 Å². The van der Waals surface area contributed by atoms with Crippen LogP contribution in [0.2, 0.25) is 0 Å². The molecule has 0 radical (unpaired) electrons. The molecule has 0 saturated carbocycles. The van der Waals surface area contributed by atoms with E-state index in [0.717, 1.165) is 16.7 Å². The molecule has 130 valence electrons. The Hall–Kier alpha value is -3.16. The molecule has 0 N–H and O–H groups in total. The van der Waals surface area contributed by atoms with Crippen LogP contribution >= 0.6 is 0 Å². The molecule has 3 aromatic rings. The third-order valence-corrected chi connectivity index (χ3v) is 4.22. The van der Waals surface area contributed by atoms with Gasteiger partial charge in [-0.2, -0.15) is 0 Å². The van der Waals surface area contributed by atoms with Crippen molar-refractivity contribution in [2.75, 3.05) is 7.05 Å². The number of amides is 1. The summed E-state index contributed by atoms with van der Waals surface area (Å²) in [4.78, 5) is 27.8. The van der Waals surface area contributed by atoms with Gasteiger partial charge in [-0.3, -0.25) is 4.79 Å². The van der Waals surface area contributed by atoms with E-state index in [0.29, 0.717) is 6.54 Å². The molecule has 0 bridgehead atoms. The van der Waals surface area contributed by atoms with E-state index in [9.17, 15) is 14.9 Å². The summed E-state index contributed by atoms with van der Waals surface area (Å²) in [6, 6.07) is 9.41. The van der Waals surface area contributed by atoms with Crippen LogP contribution in [0.5, 0.6) is 0 Å². The molecule has 8 nitrogen and oxygen atoms in total. The third-order valence-electron chi connectivity index (χ3n) is 4.22. The summed E-state index contributed by atoms with van der Waals surface area (Å²) in [6.45, 7) is 2.23. The topological polar surface area (TPSA) is 94.4 Å². The standard InChI is InChI=1S/C17H18N4O4/c1-12(15-9-13-5-3-4-6-14(13)25-15)19(2)17(22)7-8-20-10-16(18-11-20)21(23)24/h3-6,9-12H,7-8H2,1-2H3/t12-/m1/s1. The lowest BCUT2D eigenvalue weighted by molar-refractivity contribution is -0.389. The zero-order chi connectivity index (χ0) is 18.0. The maximum absolute atomic E-state index is 12.4. The quantitative estimate of drug-likeness (QED) is 0.506. The fourth-order valence-electron chi connectivity index (χ4n) is 2.58. The number of hydrogen-bond donors (Lipinski definition) is 0. The Kier molecular flexibility index (Phi) is 4.51. The number of furan rings is 1. The Morgan fingerprint density at radius 1 is 1.44 bits per heavy atom. The minimum Gasteiger partial charge on any atom is -0.459 e. The number of hydrogen-bond acceptors (Lipinski definition) is 5. The molecule has 2 heterocycles. The smallest absolute Gasteiger partial charge is 0.381 e. The number of aryl methyl sites for hydroxylation is 1. The first kappa shape index (κ1) is 16.7. The first-order valence-corrected chi connectivity index (χ1v) is 7.86. The molecule has 3 rings (SSSR count). The number of rotatable bonds is 6. The van der Waals surface area contributed by atoms with Crippen LogP contribution < -0.4 is 0 Å². The summed E-state index contributed by atoms with van der Waals surface area (Å²) in [6.07, 6.45) is 2.89. The number of fused-ring (bicyclic) bond motifs is 1. The largest absolute Gasteiger partial charge is 0.459 e. The fraction of sp³-hybridized carbons (Fsp3) is 0.294. The highest BCUT2D eigenvalue weighted by molar-refractivity contribution is 5.79. The Morgan fingerprint density at radius 2 is 2.20 bits per heavy atom. The molecule has 0 unspecified atom stereocenters. The summed E-state index contributed by atoms with van der Waals surface area (Å²) >= 11 is 0. The molecule has 2 aromatic heterocycles. The maximum Gasteiger partial charge on any atom is 0.381 e. The van der Waals surface area contributed by atoms with Gasteiger partial charge >= 0.3 is 5.82 Å². The number of aromatic nitrogens is 2. The molecule has 0 aliphatic heterocycles.